The molecule has 0 radical (unpaired) electrons. The van der Waals surface area contributed by atoms with Gasteiger partial charge in [-0.05, 0) is 49.4 Å². The molecule has 0 bridgehead atoms. The first-order chi connectivity index (χ1) is 10.0. The molecule has 0 amide bonds. The molecule has 1 aromatic carbocycles. The fourth-order valence-corrected chi connectivity index (χ4v) is 3.15. The molecular weight excluding hydrogens is 262 g/mol. The molecule has 0 atom stereocenters. The van der Waals surface area contributed by atoms with Gasteiger partial charge in [-0.25, -0.2) is 4.79 Å². The third-order valence-electron chi connectivity index (χ3n) is 4.33. The van der Waals surface area contributed by atoms with E-state index in [4.69, 9.17) is 0 Å². The second-order valence-electron chi connectivity index (χ2n) is 5.62. The predicted molar refractivity (Wildman–Crippen MR) is 87.3 cm³/mol. The Kier molecular flexibility index (Phi) is 4.71. The third kappa shape index (κ3) is 2.69. The van der Waals surface area contributed by atoms with Crippen LogP contribution in [0.2, 0.25) is 0 Å². The summed E-state index contributed by atoms with van der Waals surface area (Å²) in [5.41, 5.74) is 4.96. The van der Waals surface area contributed by atoms with Crippen LogP contribution in [0.1, 0.15) is 60.8 Å². The number of benzene rings is 1. The van der Waals surface area contributed by atoms with Crippen molar-refractivity contribution in [3.63, 3.8) is 0 Å². The second kappa shape index (κ2) is 6.33. The summed E-state index contributed by atoms with van der Waals surface area (Å²) in [6.45, 7) is 9.38. The second-order valence-corrected chi connectivity index (χ2v) is 5.62. The quantitative estimate of drug-likeness (QED) is 0.845. The predicted octanol–water partition coefficient (Wildman–Crippen LogP) is 4.57. The van der Waals surface area contributed by atoms with Gasteiger partial charge in [0.2, 0.25) is 0 Å². The van der Waals surface area contributed by atoms with Crippen LogP contribution in [0.5, 0.6) is 0 Å². The summed E-state index contributed by atoms with van der Waals surface area (Å²) in [6.07, 6.45) is 3.98. The van der Waals surface area contributed by atoms with E-state index >= 15 is 0 Å². The molecular formula is C18H25NO2. The Hall–Kier alpha value is -1.77. The van der Waals surface area contributed by atoms with E-state index in [1.54, 1.807) is 0 Å². The molecule has 0 aliphatic carbocycles. The number of fused-ring (bicyclic) bond motifs is 1. The van der Waals surface area contributed by atoms with Crippen LogP contribution in [0, 0.1) is 6.92 Å². The van der Waals surface area contributed by atoms with Crippen LogP contribution < -0.4 is 0 Å². The number of hydrogen-bond donors (Lipinski definition) is 1. The number of rotatable bonds is 6. The average Bonchev–Trinajstić information content (AvgIpc) is 2.74. The Morgan fingerprint density at radius 1 is 1.19 bits per heavy atom. The zero-order valence-electron chi connectivity index (χ0n) is 13.5. The third-order valence-corrected chi connectivity index (χ3v) is 4.33. The minimum absolute atomic E-state index is 0.447. The van der Waals surface area contributed by atoms with Crippen LogP contribution in [0.15, 0.2) is 12.1 Å². The van der Waals surface area contributed by atoms with Crippen molar-refractivity contribution in [2.45, 2.75) is 59.9 Å². The molecule has 3 nitrogen and oxygen atoms in total. The summed E-state index contributed by atoms with van der Waals surface area (Å²) in [5, 5.41) is 10.7. The van der Waals surface area contributed by atoms with Crippen molar-refractivity contribution in [2.24, 2.45) is 0 Å². The Balaban J connectivity index is 2.82. The van der Waals surface area contributed by atoms with Crippen molar-refractivity contribution in [2.75, 3.05) is 0 Å². The van der Waals surface area contributed by atoms with Gasteiger partial charge < -0.3 is 9.67 Å². The zero-order chi connectivity index (χ0) is 15.6. The van der Waals surface area contributed by atoms with E-state index < -0.39 is 5.97 Å². The van der Waals surface area contributed by atoms with Gasteiger partial charge in [-0.2, -0.15) is 0 Å². The van der Waals surface area contributed by atoms with E-state index in [2.05, 4.69) is 38.3 Å². The Morgan fingerprint density at radius 2 is 1.90 bits per heavy atom. The lowest BCUT2D eigenvalue weighted by Gasteiger charge is -2.10. The molecule has 1 heterocycles. The number of carboxylic acid groups (broad SMARTS) is 1. The van der Waals surface area contributed by atoms with Gasteiger partial charge in [-0.1, -0.05) is 27.2 Å². The molecule has 0 saturated heterocycles. The molecule has 21 heavy (non-hydrogen) atoms. The highest BCUT2D eigenvalue weighted by Crippen LogP contribution is 2.31. The van der Waals surface area contributed by atoms with E-state index in [1.165, 1.54) is 11.3 Å². The lowest BCUT2D eigenvalue weighted by Crippen LogP contribution is -2.06. The van der Waals surface area contributed by atoms with E-state index in [-0.39, 0.29) is 0 Å². The lowest BCUT2D eigenvalue weighted by molar-refractivity contribution is 0.0698. The normalized spacial score (nSPS) is 11.2. The minimum atomic E-state index is -0.826. The number of aromatic nitrogens is 1. The number of carboxylic acids is 1. The first-order valence-electron chi connectivity index (χ1n) is 7.92. The average molecular weight is 287 g/mol. The molecule has 3 heteroatoms. The summed E-state index contributed by atoms with van der Waals surface area (Å²) in [6, 6.07) is 4.02. The van der Waals surface area contributed by atoms with E-state index in [1.807, 2.05) is 6.07 Å². The SMILES string of the molecule is CCCCn1c(C)c(CC)c2cc(CC)cc(C(=O)O)c21. The number of carbonyl (C=O) groups is 1. The minimum Gasteiger partial charge on any atom is -0.478 e. The van der Waals surface area contributed by atoms with Gasteiger partial charge in [-0.15, -0.1) is 0 Å². The van der Waals surface area contributed by atoms with Gasteiger partial charge in [0.25, 0.3) is 0 Å². The fraction of sp³-hybridized carbons (Fsp3) is 0.500. The molecule has 0 aliphatic heterocycles. The summed E-state index contributed by atoms with van der Waals surface area (Å²) >= 11 is 0. The largest absolute Gasteiger partial charge is 0.478 e. The van der Waals surface area contributed by atoms with Crippen LogP contribution in [0.4, 0.5) is 0 Å². The van der Waals surface area contributed by atoms with E-state index in [0.29, 0.717) is 5.56 Å². The van der Waals surface area contributed by atoms with Gasteiger partial charge in [0, 0.05) is 17.6 Å². The molecule has 114 valence electrons. The van der Waals surface area contributed by atoms with E-state index in [0.717, 1.165) is 48.7 Å². The number of nitrogens with zero attached hydrogens (tertiary/aromatic N) is 1. The highest BCUT2D eigenvalue weighted by atomic mass is 16.4. The number of unbranched alkanes of at least 4 members (excludes halogenated alkanes) is 1. The molecule has 0 aliphatic rings. The molecule has 1 N–H and O–H groups in total. The van der Waals surface area contributed by atoms with Crippen LogP contribution >= 0.6 is 0 Å². The standard InChI is InChI=1S/C18H25NO2/c1-5-8-9-19-12(4)14(7-3)15-10-13(6-2)11-16(17(15)19)18(20)21/h10-11H,5-9H2,1-4H3,(H,20,21). The molecule has 0 saturated carbocycles. The van der Waals surface area contributed by atoms with Crippen molar-refractivity contribution in [1.29, 1.82) is 0 Å². The van der Waals surface area contributed by atoms with Gasteiger partial charge in [-0.3, -0.25) is 0 Å². The number of hydrogen-bond acceptors (Lipinski definition) is 1. The van der Waals surface area contributed by atoms with Crippen LogP contribution in [-0.4, -0.2) is 15.6 Å². The topological polar surface area (TPSA) is 42.2 Å². The van der Waals surface area contributed by atoms with Crippen molar-refractivity contribution >= 4 is 16.9 Å². The highest BCUT2D eigenvalue weighted by molar-refractivity contribution is 6.04. The van der Waals surface area contributed by atoms with Crippen molar-refractivity contribution in [3.8, 4) is 0 Å². The Morgan fingerprint density at radius 3 is 2.43 bits per heavy atom. The lowest BCUT2D eigenvalue weighted by atomic mass is 10.0. The molecule has 1 aromatic heterocycles. The number of aryl methyl sites for hydroxylation is 3. The van der Waals surface area contributed by atoms with Crippen LogP contribution in [-0.2, 0) is 19.4 Å². The van der Waals surface area contributed by atoms with Crippen molar-refractivity contribution in [3.05, 3.63) is 34.5 Å². The molecule has 0 fully saturated rings. The van der Waals surface area contributed by atoms with Crippen LogP contribution in [0.25, 0.3) is 10.9 Å². The fourth-order valence-electron chi connectivity index (χ4n) is 3.15. The maximum atomic E-state index is 11.7. The monoisotopic (exact) mass is 287 g/mol. The number of aromatic carboxylic acids is 1. The molecule has 0 spiro atoms. The summed E-state index contributed by atoms with van der Waals surface area (Å²) < 4.78 is 2.21. The van der Waals surface area contributed by atoms with Crippen molar-refractivity contribution < 1.29 is 9.90 Å². The van der Waals surface area contributed by atoms with Crippen LogP contribution in [0.3, 0.4) is 0 Å². The summed E-state index contributed by atoms with van der Waals surface area (Å²) in [5.74, 6) is -0.826. The highest BCUT2D eigenvalue weighted by Gasteiger charge is 2.19. The Bertz CT molecular complexity index is 668. The summed E-state index contributed by atoms with van der Waals surface area (Å²) in [7, 11) is 0. The first kappa shape index (κ1) is 15.6. The van der Waals surface area contributed by atoms with Gasteiger partial charge in [0.1, 0.15) is 0 Å². The maximum Gasteiger partial charge on any atom is 0.337 e. The summed E-state index contributed by atoms with van der Waals surface area (Å²) in [4.78, 5) is 11.7. The molecule has 2 rings (SSSR count). The van der Waals surface area contributed by atoms with E-state index in [9.17, 15) is 9.90 Å². The first-order valence-corrected chi connectivity index (χ1v) is 7.92. The maximum absolute atomic E-state index is 11.7. The molecule has 2 aromatic rings. The zero-order valence-corrected chi connectivity index (χ0v) is 13.5. The van der Waals surface area contributed by atoms with Crippen molar-refractivity contribution in [1.82, 2.24) is 4.57 Å². The smallest absolute Gasteiger partial charge is 0.337 e. The van der Waals surface area contributed by atoms with Gasteiger partial charge in [0.15, 0.2) is 0 Å². The van der Waals surface area contributed by atoms with Gasteiger partial charge >= 0.3 is 5.97 Å². The van der Waals surface area contributed by atoms with Gasteiger partial charge in [0.05, 0.1) is 11.1 Å². The molecule has 0 unspecified atom stereocenters. The Labute approximate surface area is 126 Å².